The molecule has 0 bridgehead atoms. The van der Waals surface area contributed by atoms with E-state index >= 15 is 0 Å². The lowest BCUT2D eigenvalue weighted by molar-refractivity contribution is -0.139. The molecule has 0 aliphatic carbocycles. The van der Waals surface area contributed by atoms with Crippen LogP contribution in [0.5, 0.6) is 17.2 Å². The van der Waals surface area contributed by atoms with E-state index in [9.17, 15) is 9.59 Å². The van der Waals surface area contributed by atoms with Gasteiger partial charge in [-0.1, -0.05) is 24.3 Å². The van der Waals surface area contributed by atoms with Crippen molar-refractivity contribution in [2.24, 2.45) is 0 Å². The van der Waals surface area contributed by atoms with Gasteiger partial charge in [-0.05, 0) is 30.5 Å². The Morgan fingerprint density at radius 3 is 2.40 bits per heavy atom. The van der Waals surface area contributed by atoms with Crippen LogP contribution in [0.25, 0.3) is 0 Å². The van der Waals surface area contributed by atoms with Crippen LogP contribution in [0.1, 0.15) is 29.7 Å². The molecule has 9 nitrogen and oxygen atoms in total. The van der Waals surface area contributed by atoms with Gasteiger partial charge in [-0.2, -0.15) is 0 Å². The Bertz CT molecular complexity index is 1150. The lowest BCUT2D eigenvalue weighted by Gasteiger charge is -2.34. The lowest BCUT2D eigenvalue weighted by atomic mass is 9.93. The maximum atomic E-state index is 13.2. The predicted octanol–water partition coefficient (Wildman–Crippen LogP) is 2.94. The van der Waals surface area contributed by atoms with Crippen molar-refractivity contribution in [1.82, 2.24) is 15.5 Å². The number of hydrogen-bond donors (Lipinski definition) is 2. The molecule has 2 aromatic carbocycles. The molecule has 2 heterocycles. The molecule has 9 heteroatoms. The number of urea groups is 1. The number of hydrogen-bond acceptors (Lipinski definition) is 7. The van der Waals surface area contributed by atoms with Gasteiger partial charge in [-0.15, -0.1) is 0 Å². The molecule has 2 aromatic rings. The first-order valence-electron chi connectivity index (χ1n) is 11.6. The average molecular weight is 482 g/mol. The quantitative estimate of drug-likeness (QED) is 0.560. The molecule has 0 saturated carbocycles. The second-order valence-electron chi connectivity index (χ2n) is 8.32. The van der Waals surface area contributed by atoms with E-state index in [1.807, 2.05) is 12.1 Å². The summed E-state index contributed by atoms with van der Waals surface area (Å²) in [5, 5.41) is 5.72. The average Bonchev–Trinajstić information content (AvgIpc) is 2.87. The highest BCUT2D eigenvalue weighted by Gasteiger charge is 2.36. The molecule has 186 valence electrons. The Kier molecular flexibility index (Phi) is 7.45. The molecule has 0 unspecified atom stereocenters. The van der Waals surface area contributed by atoms with Crippen LogP contribution in [-0.2, 0) is 22.5 Å². The molecule has 35 heavy (non-hydrogen) atoms. The van der Waals surface area contributed by atoms with Gasteiger partial charge in [0, 0.05) is 37.0 Å². The zero-order valence-corrected chi connectivity index (χ0v) is 20.5. The molecule has 1 atom stereocenters. The Labute approximate surface area is 205 Å². The number of fused-ring (bicyclic) bond motifs is 1. The van der Waals surface area contributed by atoms with Crippen LogP contribution in [0.4, 0.5) is 4.79 Å². The van der Waals surface area contributed by atoms with Gasteiger partial charge in [0.05, 0.1) is 39.6 Å². The minimum absolute atomic E-state index is 0.205. The van der Waals surface area contributed by atoms with Crippen molar-refractivity contribution in [3.05, 3.63) is 64.4 Å². The summed E-state index contributed by atoms with van der Waals surface area (Å²) in [6.07, 6.45) is 0.900. The molecule has 4 rings (SSSR count). The fourth-order valence-electron chi connectivity index (χ4n) is 4.62. The van der Waals surface area contributed by atoms with Crippen molar-refractivity contribution >= 4 is 12.0 Å². The normalized spacial score (nSPS) is 17.7. The molecule has 0 radical (unpaired) electrons. The molecule has 0 spiro atoms. The molecular weight excluding hydrogens is 450 g/mol. The number of methoxy groups -OCH3 is 3. The zero-order chi connectivity index (χ0) is 24.9. The summed E-state index contributed by atoms with van der Waals surface area (Å²) < 4.78 is 21.9. The van der Waals surface area contributed by atoms with Crippen LogP contribution in [0, 0.1) is 0 Å². The van der Waals surface area contributed by atoms with Crippen molar-refractivity contribution in [2.45, 2.75) is 25.9 Å². The van der Waals surface area contributed by atoms with Gasteiger partial charge in [0.2, 0.25) is 0 Å². The van der Waals surface area contributed by atoms with E-state index in [0.717, 1.165) is 19.5 Å². The van der Waals surface area contributed by atoms with Gasteiger partial charge in [0.1, 0.15) is 5.75 Å². The number of ether oxygens (including phenoxy) is 4. The second-order valence-corrected chi connectivity index (χ2v) is 8.32. The first kappa shape index (κ1) is 24.4. The fraction of sp³-hybridized carbons (Fsp3) is 0.385. The van der Waals surface area contributed by atoms with Crippen LogP contribution in [0.15, 0.2) is 47.7 Å². The standard InChI is InChI=1S/C26H31N3O6/c1-5-35-25(30)23-19(15-29-11-10-16-8-6-7-9-17(16)14-29)27-26(31)28-24(23)18-12-21(33-3)22(34-4)13-20(18)32-2/h6-9,12-13,24H,5,10-11,14-15H2,1-4H3,(H2,27,28,31)/t24-/m1/s1. The number of benzene rings is 2. The van der Waals surface area contributed by atoms with Gasteiger partial charge < -0.3 is 29.6 Å². The number of nitrogens with one attached hydrogen (secondary N) is 2. The van der Waals surface area contributed by atoms with Crippen LogP contribution in [-0.4, -0.2) is 57.9 Å². The Morgan fingerprint density at radius 2 is 1.71 bits per heavy atom. The summed E-state index contributed by atoms with van der Waals surface area (Å²) in [7, 11) is 4.58. The third-order valence-electron chi connectivity index (χ3n) is 6.29. The van der Waals surface area contributed by atoms with Gasteiger partial charge in [0.15, 0.2) is 11.5 Å². The van der Waals surface area contributed by atoms with E-state index in [4.69, 9.17) is 18.9 Å². The monoisotopic (exact) mass is 481 g/mol. The van der Waals surface area contributed by atoms with Crippen molar-refractivity contribution in [1.29, 1.82) is 0 Å². The minimum atomic E-state index is -0.801. The molecule has 0 saturated heterocycles. The maximum Gasteiger partial charge on any atom is 0.338 e. The summed E-state index contributed by atoms with van der Waals surface area (Å²) >= 11 is 0. The van der Waals surface area contributed by atoms with E-state index in [0.29, 0.717) is 40.6 Å². The Balaban J connectivity index is 1.76. The van der Waals surface area contributed by atoms with E-state index in [1.54, 1.807) is 19.1 Å². The van der Waals surface area contributed by atoms with Gasteiger partial charge >= 0.3 is 12.0 Å². The third kappa shape index (κ3) is 5.05. The maximum absolute atomic E-state index is 13.2. The molecule has 0 fully saturated rings. The number of rotatable bonds is 8. The van der Waals surface area contributed by atoms with Gasteiger partial charge in [-0.25, -0.2) is 9.59 Å². The fourth-order valence-corrected chi connectivity index (χ4v) is 4.62. The molecule has 2 amide bonds. The van der Waals surface area contributed by atoms with Crippen LogP contribution in [0.2, 0.25) is 0 Å². The SMILES string of the molecule is CCOC(=O)C1=C(CN2CCc3ccccc3C2)NC(=O)N[C@@H]1c1cc(OC)c(OC)cc1OC. The molecular formula is C26H31N3O6. The number of amides is 2. The first-order chi connectivity index (χ1) is 17.0. The highest BCUT2D eigenvalue weighted by atomic mass is 16.5. The van der Waals surface area contributed by atoms with Crippen molar-refractivity contribution in [3.8, 4) is 17.2 Å². The van der Waals surface area contributed by atoms with Crippen molar-refractivity contribution in [3.63, 3.8) is 0 Å². The van der Waals surface area contributed by atoms with Crippen LogP contribution < -0.4 is 24.8 Å². The topological polar surface area (TPSA) is 98.4 Å². The summed E-state index contributed by atoms with van der Waals surface area (Å²) in [5.41, 5.74) is 3.97. The highest BCUT2D eigenvalue weighted by Crippen LogP contribution is 2.41. The first-order valence-corrected chi connectivity index (χ1v) is 11.6. The van der Waals surface area contributed by atoms with Crippen LogP contribution in [0.3, 0.4) is 0 Å². The van der Waals surface area contributed by atoms with Crippen LogP contribution >= 0.6 is 0 Å². The van der Waals surface area contributed by atoms with E-state index in [1.165, 1.54) is 32.5 Å². The summed E-state index contributed by atoms with van der Waals surface area (Å²) in [4.78, 5) is 28.2. The summed E-state index contributed by atoms with van der Waals surface area (Å²) in [5.74, 6) is 0.868. The lowest BCUT2D eigenvalue weighted by Crippen LogP contribution is -2.49. The number of esters is 1. The molecule has 2 N–H and O–H groups in total. The third-order valence-corrected chi connectivity index (χ3v) is 6.29. The molecule has 2 aliphatic heterocycles. The second kappa shape index (κ2) is 10.7. The molecule has 0 aromatic heterocycles. The largest absolute Gasteiger partial charge is 0.496 e. The molecule has 2 aliphatic rings. The summed E-state index contributed by atoms with van der Waals surface area (Å²) in [6, 6.07) is 10.5. The number of carbonyl (C=O) groups excluding carboxylic acids is 2. The number of carbonyl (C=O) groups is 2. The van der Waals surface area contributed by atoms with Gasteiger partial charge in [0.25, 0.3) is 0 Å². The smallest absolute Gasteiger partial charge is 0.338 e. The van der Waals surface area contributed by atoms with E-state index in [2.05, 4.69) is 27.7 Å². The highest BCUT2D eigenvalue weighted by molar-refractivity contribution is 5.95. The van der Waals surface area contributed by atoms with E-state index < -0.39 is 18.0 Å². The minimum Gasteiger partial charge on any atom is -0.496 e. The Hall–Kier alpha value is -3.72. The van der Waals surface area contributed by atoms with Crippen molar-refractivity contribution in [2.75, 3.05) is 41.0 Å². The van der Waals surface area contributed by atoms with E-state index in [-0.39, 0.29) is 6.61 Å². The van der Waals surface area contributed by atoms with Gasteiger partial charge in [-0.3, -0.25) is 4.90 Å². The number of nitrogens with zero attached hydrogens (tertiary/aromatic N) is 1. The Morgan fingerprint density at radius 1 is 1.03 bits per heavy atom. The summed E-state index contributed by atoms with van der Waals surface area (Å²) in [6.45, 7) is 3.88. The predicted molar refractivity (Wildman–Crippen MR) is 130 cm³/mol. The van der Waals surface area contributed by atoms with Crippen molar-refractivity contribution < 1.29 is 28.5 Å². The zero-order valence-electron chi connectivity index (χ0n) is 20.5.